The number of aromatic nitrogens is 1. The molecule has 1 saturated heterocycles. The highest BCUT2D eigenvalue weighted by Gasteiger charge is 2.38. The Kier molecular flexibility index (Phi) is 7.89. The standard InChI is InChI=1S/C24H28F3N5O5/c1-36-23(33)31-12-10-30(11-13-31)18-8-9-28-22(15-18)37-19-5-2-16(3-6-19)29-17-4-7-21(32(34)35)20(14-17)24(25,26)27/h4,7-9,14-16,19,29H,2-3,5-6,10-13H2,1H3. The second-order valence-corrected chi connectivity index (χ2v) is 9.02. The van der Waals surface area contributed by atoms with Crippen LogP contribution in [0.1, 0.15) is 31.2 Å². The van der Waals surface area contributed by atoms with Crippen LogP contribution in [0.25, 0.3) is 0 Å². The molecule has 1 aromatic heterocycles. The molecule has 0 bridgehead atoms. The van der Waals surface area contributed by atoms with E-state index in [1.54, 1.807) is 11.1 Å². The molecule has 4 rings (SSSR count). The molecule has 1 aromatic carbocycles. The molecule has 0 radical (unpaired) electrons. The average molecular weight is 524 g/mol. The normalized spacial score (nSPS) is 20.3. The molecule has 2 aromatic rings. The number of alkyl halides is 3. The number of nitrogens with zero attached hydrogens (tertiary/aromatic N) is 4. The number of pyridine rings is 1. The van der Waals surface area contributed by atoms with E-state index in [1.165, 1.54) is 13.2 Å². The highest BCUT2D eigenvalue weighted by Crippen LogP contribution is 2.38. The molecule has 0 unspecified atom stereocenters. The van der Waals surface area contributed by atoms with Crippen molar-refractivity contribution in [1.82, 2.24) is 9.88 Å². The summed E-state index contributed by atoms with van der Waals surface area (Å²) in [7, 11) is 1.37. The topological polar surface area (TPSA) is 110 Å². The minimum atomic E-state index is -4.82. The average Bonchev–Trinajstić information content (AvgIpc) is 2.89. The van der Waals surface area contributed by atoms with E-state index < -0.39 is 22.4 Å². The maximum absolute atomic E-state index is 13.3. The molecule has 200 valence electrons. The highest BCUT2D eigenvalue weighted by atomic mass is 19.4. The van der Waals surface area contributed by atoms with Crippen LogP contribution in [-0.4, -0.2) is 66.3 Å². The van der Waals surface area contributed by atoms with Crippen LogP contribution >= 0.6 is 0 Å². The van der Waals surface area contributed by atoms with E-state index in [4.69, 9.17) is 9.47 Å². The quantitative estimate of drug-likeness (QED) is 0.429. The fourth-order valence-electron chi connectivity index (χ4n) is 4.68. The number of amides is 1. The Hall–Kier alpha value is -3.77. The largest absolute Gasteiger partial charge is 0.474 e. The molecule has 10 nitrogen and oxygen atoms in total. The SMILES string of the molecule is COC(=O)N1CCN(c2ccnc(OC3CCC(Nc4ccc([N+](=O)[O-])c(C(F)(F)F)c4)CC3)c2)CC1. The third-order valence-corrected chi connectivity index (χ3v) is 6.63. The van der Waals surface area contributed by atoms with Gasteiger partial charge >= 0.3 is 12.3 Å². The first kappa shape index (κ1) is 26.3. The number of nitro benzene ring substituents is 1. The van der Waals surface area contributed by atoms with E-state index in [0.717, 1.165) is 17.8 Å². The van der Waals surface area contributed by atoms with Crippen LogP contribution in [0.2, 0.25) is 0 Å². The molecule has 37 heavy (non-hydrogen) atoms. The number of anilines is 2. The molecule has 2 fully saturated rings. The number of benzene rings is 1. The fourth-order valence-corrected chi connectivity index (χ4v) is 4.68. The molecule has 1 aliphatic heterocycles. The summed E-state index contributed by atoms with van der Waals surface area (Å²) in [6.45, 7) is 2.44. The Labute approximate surface area is 211 Å². The van der Waals surface area contributed by atoms with E-state index in [0.29, 0.717) is 57.7 Å². The number of methoxy groups -OCH3 is 1. The second kappa shape index (κ2) is 11.1. The molecular formula is C24H28F3N5O5. The minimum absolute atomic E-state index is 0.0761. The van der Waals surface area contributed by atoms with Gasteiger partial charge in [0.25, 0.3) is 5.69 Å². The summed E-state index contributed by atoms with van der Waals surface area (Å²) in [4.78, 5) is 29.7. The fraction of sp³-hybridized carbons (Fsp3) is 0.500. The molecule has 1 aliphatic carbocycles. The van der Waals surface area contributed by atoms with Gasteiger partial charge in [-0.25, -0.2) is 9.78 Å². The van der Waals surface area contributed by atoms with Crippen molar-refractivity contribution in [2.24, 2.45) is 0 Å². The zero-order chi connectivity index (χ0) is 26.6. The van der Waals surface area contributed by atoms with Crippen molar-refractivity contribution in [3.05, 3.63) is 52.2 Å². The van der Waals surface area contributed by atoms with Crippen LogP contribution in [-0.2, 0) is 10.9 Å². The van der Waals surface area contributed by atoms with Gasteiger partial charge in [-0.2, -0.15) is 13.2 Å². The maximum atomic E-state index is 13.3. The van der Waals surface area contributed by atoms with Crippen LogP contribution < -0.4 is 15.0 Å². The van der Waals surface area contributed by atoms with E-state index in [1.807, 2.05) is 12.1 Å². The monoisotopic (exact) mass is 523 g/mol. The number of rotatable bonds is 6. The molecule has 2 aliphatic rings. The first-order valence-electron chi connectivity index (χ1n) is 12.0. The van der Waals surface area contributed by atoms with Gasteiger partial charge in [0.2, 0.25) is 5.88 Å². The Morgan fingerprint density at radius 3 is 2.43 bits per heavy atom. The molecular weight excluding hydrogens is 495 g/mol. The van der Waals surface area contributed by atoms with Gasteiger partial charge in [-0.05, 0) is 43.9 Å². The third kappa shape index (κ3) is 6.52. The van der Waals surface area contributed by atoms with Gasteiger partial charge in [-0.3, -0.25) is 10.1 Å². The molecule has 13 heteroatoms. The number of carbonyl (C=O) groups is 1. The van der Waals surface area contributed by atoms with Crippen molar-refractivity contribution in [2.75, 3.05) is 43.5 Å². The summed E-state index contributed by atoms with van der Waals surface area (Å²) >= 11 is 0. The molecule has 0 atom stereocenters. The smallest absolute Gasteiger partial charge is 0.423 e. The Balaban J connectivity index is 1.30. The van der Waals surface area contributed by atoms with Crippen LogP contribution in [0.15, 0.2) is 36.5 Å². The Morgan fingerprint density at radius 1 is 1.11 bits per heavy atom. The van der Waals surface area contributed by atoms with Gasteiger partial charge in [0, 0.05) is 61.9 Å². The van der Waals surface area contributed by atoms with Crippen molar-refractivity contribution in [3.63, 3.8) is 0 Å². The summed E-state index contributed by atoms with van der Waals surface area (Å²) in [6, 6.07) is 6.66. The zero-order valence-electron chi connectivity index (χ0n) is 20.2. The van der Waals surface area contributed by atoms with E-state index >= 15 is 0 Å². The molecule has 1 saturated carbocycles. The zero-order valence-corrected chi connectivity index (χ0v) is 20.2. The number of nitrogens with one attached hydrogen (secondary N) is 1. The van der Waals surface area contributed by atoms with E-state index in [-0.39, 0.29) is 23.9 Å². The number of piperazine rings is 1. The summed E-state index contributed by atoms with van der Waals surface area (Å²) < 4.78 is 50.6. The summed E-state index contributed by atoms with van der Waals surface area (Å²) in [5.41, 5.74) is -1.08. The number of halogens is 3. The maximum Gasteiger partial charge on any atom is 0.423 e. The summed E-state index contributed by atoms with van der Waals surface area (Å²) in [5.74, 6) is 0.495. The summed E-state index contributed by atoms with van der Waals surface area (Å²) in [6.07, 6.45) is -0.867. The first-order chi connectivity index (χ1) is 17.6. The molecule has 1 N–H and O–H groups in total. The number of ether oxygens (including phenoxy) is 2. The second-order valence-electron chi connectivity index (χ2n) is 9.02. The predicted molar refractivity (Wildman–Crippen MR) is 129 cm³/mol. The lowest BCUT2D eigenvalue weighted by Gasteiger charge is -2.35. The Bertz CT molecular complexity index is 1120. The van der Waals surface area contributed by atoms with Gasteiger partial charge in [0.1, 0.15) is 11.7 Å². The van der Waals surface area contributed by atoms with Gasteiger partial charge < -0.3 is 24.6 Å². The van der Waals surface area contributed by atoms with Crippen molar-refractivity contribution >= 4 is 23.2 Å². The summed E-state index contributed by atoms with van der Waals surface area (Å²) in [5, 5.41) is 14.0. The van der Waals surface area contributed by atoms with Crippen LogP contribution in [0.5, 0.6) is 5.88 Å². The molecule has 1 amide bonds. The lowest BCUT2D eigenvalue weighted by atomic mass is 9.92. The van der Waals surface area contributed by atoms with Gasteiger partial charge in [0.05, 0.1) is 12.0 Å². The minimum Gasteiger partial charge on any atom is -0.474 e. The van der Waals surface area contributed by atoms with Crippen molar-refractivity contribution in [1.29, 1.82) is 0 Å². The lowest BCUT2D eigenvalue weighted by Crippen LogP contribution is -2.48. The first-order valence-corrected chi connectivity index (χ1v) is 12.0. The number of hydrogen-bond donors (Lipinski definition) is 1. The van der Waals surface area contributed by atoms with Crippen molar-refractivity contribution < 1.29 is 32.4 Å². The highest BCUT2D eigenvalue weighted by molar-refractivity contribution is 5.68. The van der Waals surface area contributed by atoms with Crippen LogP contribution in [0.3, 0.4) is 0 Å². The van der Waals surface area contributed by atoms with E-state index in [2.05, 4.69) is 15.2 Å². The molecule has 2 heterocycles. The number of hydrogen-bond acceptors (Lipinski definition) is 8. The van der Waals surface area contributed by atoms with Crippen molar-refractivity contribution in [3.8, 4) is 5.88 Å². The number of nitro groups is 1. The van der Waals surface area contributed by atoms with Crippen LogP contribution in [0, 0.1) is 10.1 Å². The third-order valence-electron chi connectivity index (χ3n) is 6.63. The molecule has 0 spiro atoms. The predicted octanol–water partition coefficient (Wildman–Crippen LogP) is 4.70. The van der Waals surface area contributed by atoms with E-state index in [9.17, 15) is 28.1 Å². The van der Waals surface area contributed by atoms with Crippen molar-refractivity contribution in [2.45, 2.75) is 44.0 Å². The lowest BCUT2D eigenvalue weighted by molar-refractivity contribution is -0.388. The Morgan fingerprint density at radius 2 is 1.81 bits per heavy atom. The van der Waals surface area contributed by atoms with Gasteiger partial charge in [0.15, 0.2) is 0 Å². The number of carbonyl (C=O) groups excluding carboxylic acids is 1. The van der Waals surface area contributed by atoms with Gasteiger partial charge in [-0.1, -0.05) is 0 Å². The van der Waals surface area contributed by atoms with Gasteiger partial charge in [-0.15, -0.1) is 0 Å². The van der Waals surface area contributed by atoms with Crippen LogP contribution in [0.4, 0.5) is 35.0 Å².